The van der Waals surface area contributed by atoms with E-state index in [2.05, 4.69) is 20.6 Å². The van der Waals surface area contributed by atoms with Gasteiger partial charge in [0.05, 0.1) is 22.2 Å². The highest BCUT2D eigenvalue weighted by Gasteiger charge is 2.43. The molecule has 0 radical (unpaired) electrons. The van der Waals surface area contributed by atoms with Crippen LogP contribution in [0, 0.1) is 24.4 Å². The second-order valence-electron chi connectivity index (χ2n) is 10.8. The Hall–Kier alpha value is -4.19. The summed E-state index contributed by atoms with van der Waals surface area (Å²) >= 11 is 0. The summed E-state index contributed by atoms with van der Waals surface area (Å²) in [7, 11) is 0. The number of pyridine rings is 1. The van der Waals surface area contributed by atoms with Crippen molar-refractivity contribution >= 4 is 23.2 Å². The van der Waals surface area contributed by atoms with Crippen molar-refractivity contribution in [2.24, 2.45) is 5.73 Å². The summed E-state index contributed by atoms with van der Waals surface area (Å²) in [6, 6.07) is 4.82. The predicted octanol–water partition coefficient (Wildman–Crippen LogP) is 4.47. The number of hydrogen-bond acceptors (Lipinski definition) is 7. The number of benzene rings is 1. The lowest BCUT2D eigenvalue weighted by Gasteiger charge is -2.23. The van der Waals surface area contributed by atoms with E-state index in [0.29, 0.717) is 40.8 Å². The Morgan fingerprint density at radius 3 is 2.56 bits per heavy atom. The highest BCUT2D eigenvalue weighted by Crippen LogP contribution is 2.42. The van der Waals surface area contributed by atoms with Gasteiger partial charge in [0.25, 0.3) is 0 Å². The van der Waals surface area contributed by atoms with Crippen molar-refractivity contribution in [3.8, 4) is 17.3 Å². The molecule has 204 valence electrons. The van der Waals surface area contributed by atoms with Gasteiger partial charge in [-0.1, -0.05) is 0 Å². The van der Waals surface area contributed by atoms with Gasteiger partial charge in [0.15, 0.2) is 28.9 Å². The molecule has 4 aromatic rings. The third-order valence-corrected chi connectivity index (χ3v) is 6.56. The maximum atomic E-state index is 14.2. The molecule has 0 bridgehead atoms. The van der Waals surface area contributed by atoms with Gasteiger partial charge in [-0.2, -0.15) is 0 Å². The van der Waals surface area contributed by atoms with Crippen molar-refractivity contribution in [3.63, 3.8) is 0 Å². The molecular formula is C27H28F3N7O2. The normalized spacial score (nSPS) is 14.4. The second kappa shape index (κ2) is 9.23. The molecule has 39 heavy (non-hydrogen) atoms. The van der Waals surface area contributed by atoms with E-state index in [1.807, 2.05) is 13.8 Å². The maximum absolute atomic E-state index is 14.2. The average molecular weight is 540 g/mol. The molecule has 0 fully saturated rings. The van der Waals surface area contributed by atoms with Crippen molar-refractivity contribution in [2.75, 3.05) is 17.2 Å². The van der Waals surface area contributed by atoms with Crippen molar-refractivity contribution in [3.05, 3.63) is 64.7 Å². The van der Waals surface area contributed by atoms with Gasteiger partial charge in [-0.15, -0.1) is 0 Å². The fourth-order valence-electron chi connectivity index (χ4n) is 4.46. The van der Waals surface area contributed by atoms with Gasteiger partial charge < -0.3 is 21.1 Å². The first kappa shape index (κ1) is 26.4. The Morgan fingerprint density at radius 1 is 1.13 bits per heavy atom. The van der Waals surface area contributed by atoms with Crippen LogP contribution in [0.5, 0.6) is 5.75 Å². The predicted molar refractivity (Wildman–Crippen MR) is 140 cm³/mol. The average Bonchev–Trinajstić information content (AvgIpc) is 3.31. The lowest BCUT2D eigenvalue weighted by molar-refractivity contribution is -0.119. The summed E-state index contributed by atoms with van der Waals surface area (Å²) in [6.45, 7) is 8.93. The topological polar surface area (TPSA) is 119 Å². The lowest BCUT2D eigenvalue weighted by Crippen LogP contribution is -2.40. The van der Waals surface area contributed by atoms with Crippen LogP contribution in [0.3, 0.4) is 0 Å². The van der Waals surface area contributed by atoms with E-state index >= 15 is 0 Å². The number of aromatic nitrogens is 4. The van der Waals surface area contributed by atoms with Gasteiger partial charge in [0, 0.05) is 18.3 Å². The molecule has 12 heteroatoms. The van der Waals surface area contributed by atoms with Crippen LogP contribution < -0.4 is 21.1 Å². The number of carbonyl (C=O) groups is 1. The standard InChI is InChI=1S/C27H28F3N7O2/c1-13-20(23-34-21(32-12-26(2,3)31)18-22(35-23)36-25(38)27(18,4)5)37-10-6-7-17(24(37)33-13)39-11-14-15(28)8-9-16(29)19(14)30/h6-10H,11-12,31H2,1-5H3,(H2,32,34,35,36,38). The van der Waals surface area contributed by atoms with Crippen LogP contribution in [0.4, 0.5) is 24.8 Å². The molecule has 4 heterocycles. The number of rotatable bonds is 7. The number of nitrogens with two attached hydrogens (primary N) is 1. The number of carbonyl (C=O) groups excluding carboxylic acids is 1. The van der Waals surface area contributed by atoms with Crippen LogP contribution in [0.25, 0.3) is 17.2 Å². The minimum absolute atomic E-state index is 0.207. The van der Waals surface area contributed by atoms with Gasteiger partial charge in [-0.05, 0) is 58.9 Å². The fourth-order valence-corrected chi connectivity index (χ4v) is 4.46. The first-order valence-corrected chi connectivity index (χ1v) is 12.3. The summed E-state index contributed by atoms with van der Waals surface area (Å²) in [4.78, 5) is 26.8. The van der Waals surface area contributed by atoms with Crippen LogP contribution in [0.1, 0.15) is 44.5 Å². The Labute approximate surface area is 222 Å². The fraction of sp³-hybridized carbons (Fsp3) is 0.333. The Bertz CT molecular complexity index is 1630. The zero-order valence-electron chi connectivity index (χ0n) is 22.1. The Kier molecular flexibility index (Phi) is 6.25. The van der Waals surface area contributed by atoms with E-state index in [1.165, 1.54) is 0 Å². The molecule has 0 atom stereocenters. The third-order valence-electron chi connectivity index (χ3n) is 6.56. The Morgan fingerprint density at radius 2 is 1.85 bits per heavy atom. The number of ether oxygens (including phenoxy) is 1. The van der Waals surface area contributed by atoms with E-state index in [4.69, 9.17) is 15.5 Å². The van der Waals surface area contributed by atoms with Gasteiger partial charge in [0.2, 0.25) is 5.91 Å². The molecule has 1 aromatic carbocycles. The molecule has 1 amide bonds. The van der Waals surface area contributed by atoms with E-state index in [-0.39, 0.29) is 17.5 Å². The number of nitrogens with zero attached hydrogens (tertiary/aromatic N) is 4. The van der Waals surface area contributed by atoms with E-state index in [0.717, 1.165) is 12.1 Å². The third kappa shape index (κ3) is 4.65. The van der Waals surface area contributed by atoms with Crippen molar-refractivity contribution in [1.82, 2.24) is 19.4 Å². The van der Waals surface area contributed by atoms with Crippen LogP contribution in [0.2, 0.25) is 0 Å². The van der Waals surface area contributed by atoms with Crippen LogP contribution >= 0.6 is 0 Å². The molecule has 4 N–H and O–H groups in total. The quantitative estimate of drug-likeness (QED) is 0.297. The van der Waals surface area contributed by atoms with Crippen LogP contribution in [-0.4, -0.2) is 37.3 Å². The van der Waals surface area contributed by atoms with E-state index in [9.17, 15) is 18.0 Å². The number of halogens is 3. The smallest absolute Gasteiger partial charge is 0.235 e. The van der Waals surface area contributed by atoms with E-state index < -0.39 is 40.6 Å². The zero-order valence-corrected chi connectivity index (χ0v) is 22.1. The molecule has 0 saturated heterocycles. The van der Waals surface area contributed by atoms with Crippen LogP contribution in [0.15, 0.2) is 30.5 Å². The van der Waals surface area contributed by atoms with Gasteiger partial charge in [0.1, 0.15) is 29.8 Å². The highest BCUT2D eigenvalue weighted by atomic mass is 19.2. The molecule has 1 aliphatic heterocycles. The van der Waals surface area contributed by atoms with Gasteiger partial charge in [-0.25, -0.2) is 28.1 Å². The zero-order chi connectivity index (χ0) is 28.3. The van der Waals surface area contributed by atoms with Crippen molar-refractivity contribution in [1.29, 1.82) is 0 Å². The molecule has 0 spiro atoms. The number of imidazole rings is 1. The maximum Gasteiger partial charge on any atom is 0.235 e. The van der Waals surface area contributed by atoms with Gasteiger partial charge in [-0.3, -0.25) is 9.20 Å². The number of fused-ring (bicyclic) bond motifs is 2. The molecule has 5 rings (SSSR count). The molecule has 9 nitrogen and oxygen atoms in total. The molecule has 0 unspecified atom stereocenters. The number of amides is 1. The molecule has 1 aliphatic rings. The largest absolute Gasteiger partial charge is 0.485 e. The first-order valence-electron chi connectivity index (χ1n) is 12.3. The SMILES string of the molecule is Cc1nc2c(OCc3c(F)ccc(F)c3F)cccn2c1-c1nc(NCC(C)(C)N)c2c(n1)NC(=O)C2(C)C. The molecule has 0 aliphatic carbocycles. The van der Waals surface area contributed by atoms with Crippen molar-refractivity contribution < 1.29 is 22.7 Å². The summed E-state index contributed by atoms with van der Waals surface area (Å²) in [5, 5.41) is 6.11. The first-order chi connectivity index (χ1) is 18.3. The molecule has 0 saturated carbocycles. The van der Waals surface area contributed by atoms with Crippen LogP contribution in [-0.2, 0) is 16.8 Å². The monoisotopic (exact) mass is 539 g/mol. The summed E-state index contributed by atoms with van der Waals surface area (Å²) in [5.41, 5.74) is 6.28. The number of aryl methyl sites for hydroxylation is 1. The Balaban J connectivity index is 1.58. The summed E-state index contributed by atoms with van der Waals surface area (Å²) < 4.78 is 49.3. The highest BCUT2D eigenvalue weighted by molar-refractivity contribution is 6.06. The molecule has 3 aromatic heterocycles. The van der Waals surface area contributed by atoms with E-state index in [1.54, 1.807) is 43.5 Å². The lowest BCUT2D eigenvalue weighted by atomic mass is 9.87. The summed E-state index contributed by atoms with van der Waals surface area (Å²) in [6.07, 6.45) is 1.72. The number of anilines is 2. The van der Waals surface area contributed by atoms with Crippen molar-refractivity contribution in [2.45, 2.75) is 52.2 Å². The minimum Gasteiger partial charge on any atom is -0.485 e. The number of nitrogens with one attached hydrogen (secondary N) is 2. The minimum atomic E-state index is -1.31. The summed E-state index contributed by atoms with van der Waals surface area (Å²) in [5.74, 6) is -2.25. The number of hydrogen-bond donors (Lipinski definition) is 3. The molecular weight excluding hydrogens is 511 g/mol. The second-order valence-corrected chi connectivity index (χ2v) is 10.8. The van der Waals surface area contributed by atoms with Gasteiger partial charge >= 0.3 is 0 Å².